The van der Waals surface area contributed by atoms with Crippen LogP contribution in [-0.2, 0) is 4.74 Å². The summed E-state index contributed by atoms with van der Waals surface area (Å²) >= 11 is 3.10. The van der Waals surface area contributed by atoms with E-state index in [4.69, 9.17) is 4.74 Å². The molecule has 0 aliphatic carbocycles. The predicted molar refractivity (Wildman–Crippen MR) is 86.2 cm³/mol. The Bertz CT molecular complexity index is 595. The fourth-order valence-electron chi connectivity index (χ4n) is 2.19. The molecular formula is C15H16N2O2S2. The number of benzene rings is 1. The van der Waals surface area contributed by atoms with Crippen molar-refractivity contribution in [1.29, 1.82) is 0 Å². The number of aromatic nitrogens is 1. The third-order valence-corrected chi connectivity index (χ3v) is 5.13. The van der Waals surface area contributed by atoms with Gasteiger partial charge < -0.3 is 4.74 Å². The first-order valence-electron chi connectivity index (χ1n) is 6.87. The first-order valence-corrected chi connectivity index (χ1v) is 8.74. The molecule has 0 bridgehead atoms. The van der Waals surface area contributed by atoms with Crippen LogP contribution in [0, 0.1) is 0 Å². The van der Waals surface area contributed by atoms with Gasteiger partial charge in [-0.15, -0.1) is 23.1 Å². The minimum absolute atomic E-state index is 0.111. The molecule has 0 spiro atoms. The molecule has 21 heavy (non-hydrogen) atoms. The molecule has 1 N–H and O–H groups in total. The summed E-state index contributed by atoms with van der Waals surface area (Å²) in [5.41, 5.74) is 0.690. The molecule has 2 heterocycles. The highest BCUT2D eigenvalue weighted by atomic mass is 32.2. The van der Waals surface area contributed by atoms with Crippen LogP contribution in [0.3, 0.4) is 0 Å². The molecule has 2 aromatic rings. The van der Waals surface area contributed by atoms with Gasteiger partial charge >= 0.3 is 0 Å². The predicted octanol–water partition coefficient (Wildman–Crippen LogP) is 3.67. The molecule has 1 aliphatic rings. The zero-order valence-corrected chi connectivity index (χ0v) is 13.1. The van der Waals surface area contributed by atoms with Crippen LogP contribution in [0.4, 0.5) is 5.13 Å². The average Bonchev–Trinajstić information content (AvgIpc) is 3.18. The summed E-state index contributed by atoms with van der Waals surface area (Å²) in [6.45, 7) is 0.859. The molecule has 1 aliphatic heterocycles. The highest BCUT2D eigenvalue weighted by molar-refractivity contribution is 7.99. The summed E-state index contributed by atoms with van der Waals surface area (Å²) in [6.07, 6.45) is 4.24. The molecule has 1 saturated heterocycles. The molecule has 1 aromatic heterocycles. The van der Waals surface area contributed by atoms with Crippen molar-refractivity contribution in [2.24, 2.45) is 0 Å². The second-order valence-electron chi connectivity index (χ2n) is 4.73. The van der Waals surface area contributed by atoms with E-state index in [1.165, 1.54) is 11.3 Å². The van der Waals surface area contributed by atoms with Gasteiger partial charge in [0, 0.05) is 28.8 Å². The number of carbonyl (C=O) groups is 1. The van der Waals surface area contributed by atoms with E-state index >= 15 is 0 Å². The minimum atomic E-state index is -0.111. The summed E-state index contributed by atoms with van der Waals surface area (Å²) in [5.74, 6) is 0.780. The number of hydrogen-bond acceptors (Lipinski definition) is 5. The fraction of sp³-hybridized carbons (Fsp3) is 0.333. The number of nitrogens with zero attached hydrogens (tertiary/aromatic N) is 1. The molecular weight excluding hydrogens is 304 g/mol. The maximum absolute atomic E-state index is 12.3. The van der Waals surface area contributed by atoms with E-state index in [-0.39, 0.29) is 5.91 Å². The molecule has 0 radical (unpaired) electrons. The van der Waals surface area contributed by atoms with Crippen LogP contribution in [0.25, 0.3) is 0 Å². The Morgan fingerprint density at radius 3 is 3.14 bits per heavy atom. The Morgan fingerprint density at radius 2 is 2.38 bits per heavy atom. The van der Waals surface area contributed by atoms with E-state index in [1.54, 1.807) is 18.0 Å². The summed E-state index contributed by atoms with van der Waals surface area (Å²) in [6, 6.07) is 7.67. The van der Waals surface area contributed by atoms with Gasteiger partial charge in [-0.1, -0.05) is 12.1 Å². The van der Waals surface area contributed by atoms with E-state index in [2.05, 4.69) is 10.3 Å². The van der Waals surface area contributed by atoms with Gasteiger partial charge in [-0.3, -0.25) is 10.1 Å². The van der Waals surface area contributed by atoms with Crippen LogP contribution >= 0.6 is 23.1 Å². The lowest BCUT2D eigenvalue weighted by Gasteiger charge is -2.11. The van der Waals surface area contributed by atoms with Gasteiger partial charge in [-0.25, -0.2) is 4.98 Å². The van der Waals surface area contributed by atoms with Crippen LogP contribution in [-0.4, -0.2) is 29.4 Å². The fourth-order valence-corrected chi connectivity index (χ4v) is 3.83. The Hall–Kier alpha value is -1.37. The van der Waals surface area contributed by atoms with Crippen molar-refractivity contribution < 1.29 is 9.53 Å². The number of ether oxygens (including phenoxy) is 1. The SMILES string of the molecule is O=C(Nc1nccs1)c1ccccc1SCC1CCCO1. The molecule has 3 rings (SSSR count). The second-order valence-corrected chi connectivity index (χ2v) is 6.69. The Balaban J connectivity index is 1.67. The van der Waals surface area contributed by atoms with Crippen molar-refractivity contribution in [1.82, 2.24) is 4.98 Å². The number of thiazole rings is 1. The molecule has 1 atom stereocenters. The summed E-state index contributed by atoms with van der Waals surface area (Å²) in [4.78, 5) is 17.4. The summed E-state index contributed by atoms with van der Waals surface area (Å²) in [5, 5.41) is 5.30. The van der Waals surface area contributed by atoms with E-state index in [9.17, 15) is 4.79 Å². The molecule has 0 saturated carbocycles. The first kappa shape index (κ1) is 14.6. The second kappa shape index (κ2) is 7.06. The molecule has 4 nitrogen and oxygen atoms in total. The molecule has 6 heteroatoms. The summed E-state index contributed by atoms with van der Waals surface area (Å²) in [7, 11) is 0. The van der Waals surface area contributed by atoms with Crippen molar-refractivity contribution in [3.63, 3.8) is 0 Å². The van der Waals surface area contributed by atoms with E-state index in [0.29, 0.717) is 16.8 Å². The van der Waals surface area contributed by atoms with Crippen LogP contribution in [0.15, 0.2) is 40.7 Å². The van der Waals surface area contributed by atoms with Gasteiger partial charge in [0.2, 0.25) is 0 Å². The lowest BCUT2D eigenvalue weighted by Crippen LogP contribution is -2.13. The first-order chi connectivity index (χ1) is 10.3. The van der Waals surface area contributed by atoms with Crippen molar-refractivity contribution in [3.8, 4) is 0 Å². The van der Waals surface area contributed by atoms with Crippen LogP contribution in [0.5, 0.6) is 0 Å². The number of rotatable bonds is 5. The normalized spacial score (nSPS) is 17.8. The number of carbonyl (C=O) groups excluding carboxylic acids is 1. The lowest BCUT2D eigenvalue weighted by atomic mass is 10.2. The quantitative estimate of drug-likeness (QED) is 0.854. The van der Waals surface area contributed by atoms with Gasteiger partial charge in [-0.2, -0.15) is 0 Å². The maximum Gasteiger partial charge on any atom is 0.258 e. The molecule has 1 unspecified atom stereocenters. The van der Waals surface area contributed by atoms with E-state index in [1.807, 2.05) is 29.6 Å². The van der Waals surface area contributed by atoms with Crippen molar-refractivity contribution >= 4 is 34.1 Å². The molecule has 1 fully saturated rings. The third kappa shape index (κ3) is 3.84. The van der Waals surface area contributed by atoms with E-state index in [0.717, 1.165) is 30.1 Å². The summed E-state index contributed by atoms with van der Waals surface area (Å²) < 4.78 is 5.63. The molecule has 1 amide bonds. The van der Waals surface area contributed by atoms with Gasteiger partial charge in [0.05, 0.1) is 11.7 Å². The molecule has 110 valence electrons. The average molecular weight is 320 g/mol. The Morgan fingerprint density at radius 1 is 1.48 bits per heavy atom. The van der Waals surface area contributed by atoms with Crippen LogP contribution < -0.4 is 5.32 Å². The number of nitrogens with one attached hydrogen (secondary N) is 1. The van der Waals surface area contributed by atoms with Gasteiger partial charge in [0.25, 0.3) is 5.91 Å². The number of hydrogen-bond donors (Lipinski definition) is 1. The standard InChI is InChI=1S/C15H16N2O2S2/c18-14(17-15-16-7-9-20-15)12-5-1-2-6-13(12)21-10-11-4-3-8-19-11/h1-2,5-7,9,11H,3-4,8,10H2,(H,16,17,18). The van der Waals surface area contributed by atoms with Crippen molar-refractivity contribution in [2.75, 3.05) is 17.7 Å². The third-order valence-electron chi connectivity index (χ3n) is 3.23. The topological polar surface area (TPSA) is 51.2 Å². The zero-order valence-electron chi connectivity index (χ0n) is 11.5. The Labute approximate surface area is 131 Å². The lowest BCUT2D eigenvalue weighted by molar-refractivity contribution is 0.102. The number of anilines is 1. The highest BCUT2D eigenvalue weighted by Crippen LogP contribution is 2.27. The van der Waals surface area contributed by atoms with Gasteiger partial charge in [-0.05, 0) is 25.0 Å². The monoisotopic (exact) mass is 320 g/mol. The smallest absolute Gasteiger partial charge is 0.258 e. The van der Waals surface area contributed by atoms with Gasteiger partial charge in [0.1, 0.15) is 0 Å². The van der Waals surface area contributed by atoms with Crippen molar-refractivity contribution in [3.05, 3.63) is 41.4 Å². The highest BCUT2D eigenvalue weighted by Gasteiger charge is 2.18. The van der Waals surface area contributed by atoms with Crippen LogP contribution in [0.1, 0.15) is 23.2 Å². The van der Waals surface area contributed by atoms with Crippen molar-refractivity contribution in [2.45, 2.75) is 23.8 Å². The number of amides is 1. The molecule has 1 aromatic carbocycles. The van der Waals surface area contributed by atoms with Gasteiger partial charge in [0.15, 0.2) is 5.13 Å². The van der Waals surface area contributed by atoms with Crippen LogP contribution in [0.2, 0.25) is 0 Å². The largest absolute Gasteiger partial charge is 0.377 e. The van der Waals surface area contributed by atoms with E-state index < -0.39 is 0 Å². The maximum atomic E-state index is 12.3. The number of thioether (sulfide) groups is 1. The minimum Gasteiger partial charge on any atom is -0.377 e. The zero-order chi connectivity index (χ0) is 14.5. The Kier molecular flexibility index (Phi) is 4.90.